The Morgan fingerprint density at radius 1 is 1.20 bits per heavy atom. The minimum Gasteiger partial charge on any atom is -0.379 e. The minimum absolute atomic E-state index is 0.454. The molecule has 1 aliphatic rings. The topological polar surface area (TPSA) is 12.5 Å². The molecule has 0 spiro atoms. The number of ether oxygens (including phenoxy) is 1. The first kappa shape index (κ1) is 10.7. The number of morpholine rings is 1. The first-order valence-corrected chi connectivity index (χ1v) is 5.58. The molecular weight excluding hydrogens is 186 g/mol. The normalized spacial score (nSPS) is 20.1. The Morgan fingerprint density at radius 2 is 1.87 bits per heavy atom. The molecule has 0 bridgehead atoms. The summed E-state index contributed by atoms with van der Waals surface area (Å²) in [5.41, 5.74) is 1.37. The number of nitrogens with zero attached hydrogens (tertiary/aromatic N) is 1. The van der Waals surface area contributed by atoms with Gasteiger partial charge in [0, 0.05) is 19.1 Å². The second-order valence-electron chi connectivity index (χ2n) is 3.86. The van der Waals surface area contributed by atoms with Gasteiger partial charge in [-0.15, -0.1) is 0 Å². The van der Waals surface area contributed by atoms with Crippen LogP contribution in [0.4, 0.5) is 0 Å². The molecule has 1 fully saturated rings. The van der Waals surface area contributed by atoms with Crippen LogP contribution in [-0.2, 0) is 4.74 Å². The lowest BCUT2D eigenvalue weighted by Crippen LogP contribution is -2.38. The second kappa shape index (κ2) is 5.29. The van der Waals surface area contributed by atoms with Gasteiger partial charge in [0.1, 0.15) is 0 Å². The summed E-state index contributed by atoms with van der Waals surface area (Å²) in [7, 11) is 0. The molecule has 15 heavy (non-hydrogen) atoms. The van der Waals surface area contributed by atoms with Gasteiger partial charge in [-0.05, 0) is 12.0 Å². The fourth-order valence-electron chi connectivity index (χ4n) is 2.12. The van der Waals surface area contributed by atoms with Gasteiger partial charge in [-0.3, -0.25) is 4.90 Å². The highest BCUT2D eigenvalue weighted by Crippen LogP contribution is 2.24. The van der Waals surface area contributed by atoms with Crippen LogP contribution >= 0.6 is 0 Å². The number of benzene rings is 1. The van der Waals surface area contributed by atoms with Crippen molar-refractivity contribution in [2.24, 2.45) is 0 Å². The van der Waals surface area contributed by atoms with Crippen molar-refractivity contribution in [2.75, 3.05) is 26.3 Å². The average molecular weight is 204 g/mol. The monoisotopic (exact) mass is 204 g/mol. The van der Waals surface area contributed by atoms with E-state index in [9.17, 15) is 0 Å². The maximum atomic E-state index is 5.37. The first-order valence-electron chi connectivity index (χ1n) is 5.58. The van der Waals surface area contributed by atoms with Crippen molar-refractivity contribution in [3.63, 3.8) is 0 Å². The molecule has 0 saturated carbocycles. The third-order valence-electron chi connectivity index (χ3n) is 2.94. The summed E-state index contributed by atoms with van der Waals surface area (Å²) >= 11 is 0. The van der Waals surface area contributed by atoms with E-state index < -0.39 is 0 Å². The predicted molar refractivity (Wildman–Crippen MR) is 61.5 cm³/mol. The summed E-state index contributed by atoms with van der Waals surface area (Å²) in [5, 5.41) is 0. The molecule has 2 nitrogen and oxygen atoms in total. The Balaban J connectivity index is 2.09. The second-order valence-corrected chi connectivity index (χ2v) is 3.86. The van der Waals surface area contributed by atoms with E-state index in [1.54, 1.807) is 0 Å². The summed E-state index contributed by atoms with van der Waals surface area (Å²) < 4.78 is 5.37. The van der Waals surface area contributed by atoms with Gasteiger partial charge in [-0.2, -0.15) is 0 Å². The molecular formula is C13H18NO. The molecule has 1 heterocycles. The quantitative estimate of drug-likeness (QED) is 0.749. The molecule has 1 saturated heterocycles. The Hall–Kier alpha value is -0.860. The zero-order valence-corrected chi connectivity index (χ0v) is 9.06. The smallest absolute Gasteiger partial charge is 0.0594 e. The molecule has 2 heteroatoms. The molecule has 0 N–H and O–H groups in total. The molecule has 1 atom stereocenters. The van der Waals surface area contributed by atoms with Gasteiger partial charge in [-0.25, -0.2) is 0 Å². The lowest BCUT2D eigenvalue weighted by molar-refractivity contribution is 0.0165. The molecule has 0 amide bonds. The van der Waals surface area contributed by atoms with Crippen molar-refractivity contribution >= 4 is 0 Å². The predicted octanol–water partition coefficient (Wildman–Crippen LogP) is 2.28. The summed E-state index contributed by atoms with van der Waals surface area (Å²) in [6.45, 7) is 7.80. The molecule has 0 aromatic heterocycles. The van der Waals surface area contributed by atoms with Crippen LogP contribution in [0.2, 0.25) is 0 Å². The number of hydrogen-bond acceptors (Lipinski definition) is 2. The van der Waals surface area contributed by atoms with Crippen LogP contribution in [0.15, 0.2) is 30.3 Å². The van der Waals surface area contributed by atoms with Crippen molar-refractivity contribution in [3.8, 4) is 0 Å². The van der Waals surface area contributed by atoms with E-state index in [1.165, 1.54) is 5.56 Å². The highest BCUT2D eigenvalue weighted by atomic mass is 16.5. The van der Waals surface area contributed by atoms with Crippen LogP contribution in [0.25, 0.3) is 0 Å². The Labute approximate surface area is 91.9 Å². The van der Waals surface area contributed by atoms with Crippen molar-refractivity contribution in [1.82, 2.24) is 4.90 Å². The molecule has 2 rings (SSSR count). The maximum absolute atomic E-state index is 5.37. The molecule has 1 radical (unpaired) electrons. The zero-order chi connectivity index (χ0) is 10.5. The highest BCUT2D eigenvalue weighted by molar-refractivity contribution is 5.19. The standard InChI is InChI=1S/C13H18NO/c1-2-13(12-6-4-3-5-7-12)14-8-10-15-11-9-14/h3-7,13H,1-2,8-11H2. The van der Waals surface area contributed by atoms with E-state index >= 15 is 0 Å². The number of rotatable bonds is 3. The number of hydrogen-bond donors (Lipinski definition) is 0. The summed E-state index contributed by atoms with van der Waals surface area (Å²) in [4.78, 5) is 2.46. The van der Waals surface area contributed by atoms with Gasteiger partial charge in [0.05, 0.1) is 13.2 Å². The van der Waals surface area contributed by atoms with Crippen LogP contribution in [0.5, 0.6) is 0 Å². The van der Waals surface area contributed by atoms with Crippen LogP contribution in [0, 0.1) is 6.92 Å². The van der Waals surface area contributed by atoms with E-state index in [1.807, 2.05) is 0 Å². The molecule has 1 aromatic rings. The van der Waals surface area contributed by atoms with Gasteiger partial charge in [0.15, 0.2) is 0 Å². The molecule has 81 valence electrons. The molecule has 0 aliphatic carbocycles. The zero-order valence-electron chi connectivity index (χ0n) is 9.06. The van der Waals surface area contributed by atoms with E-state index in [0.717, 1.165) is 32.7 Å². The summed E-state index contributed by atoms with van der Waals surface area (Å²) in [6, 6.07) is 11.1. The van der Waals surface area contributed by atoms with Crippen molar-refractivity contribution in [1.29, 1.82) is 0 Å². The highest BCUT2D eigenvalue weighted by Gasteiger charge is 2.20. The van der Waals surface area contributed by atoms with Crippen LogP contribution in [0.3, 0.4) is 0 Å². The lowest BCUT2D eigenvalue weighted by Gasteiger charge is -2.34. The SMILES string of the molecule is [CH2]CC(c1ccccc1)N1CCOCC1. The van der Waals surface area contributed by atoms with Gasteiger partial charge >= 0.3 is 0 Å². The Bertz CT molecular complexity index is 280. The van der Waals surface area contributed by atoms with E-state index in [2.05, 4.69) is 42.2 Å². The van der Waals surface area contributed by atoms with Crippen LogP contribution in [0.1, 0.15) is 18.0 Å². The third-order valence-corrected chi connectivity index (χ3v) is 2.94. The fraction of sp³-hybridized carbons (Fsp3) is 0.462. The molecule has 1 unspecified atom stereocenters. The third kappa shape index (κ3) is 2.58. The van der Waals surface area contributed by atoms with Crippen LogP contribution < -0.4 is 0 Å². The van der Waals surface area contributed by atoms with E-state index in [0.29, 0.717) is 6.04 Å². The first-order chi connectivity index (χ1) is 7.42. The summed E-state index contributed by atoms with van der Waals surface area (Å²) in [5.74, 6) is 0. The molecule has 1 aromatic carbocycles. The van der Waals surface area contributed by atoms with Crippen LogP contribution in [-0.4, -0.2) is 31.2 Å². The van der Waals surface area contributed by atoms with Crippen molar-refractivity contribution in [3.05, 3.63) is 42.8 Å². The van der Waals surface area contributed by atoms with E-state index in [-0.39, 0.29) is 0 Å². The largest absolute Gasteiger partial charge is 0.379 e. The van der Waals surface area contributed by atoms with Gasteiger partial charge in [0.25, 0.3) is 0 Å². The van der Waals surface area contributed by atoms with Gasteiger partial charge < -0.3 is 4.74 Å². The van der Waals surface area contributed by atoms with Crippen molar-refractivity contribution < 1.29 is 4.74 Å². The van der Waals surface area contributed by atoms with Gasteiger partial charge in [0.2, 0.25) is 0 Å². The lowest BCUT2D eigenvalue weighted by atomic mass is 10.0. The fourth-order valence-corrected chi connectivity index (χ4v) is 2.12. The Morgan fingerprint density at radius 3 is 2.47 bits per heavy atom. The molecule has 1 aliphatic heterocycles. The van der Waals surface area contributed by atoms with Gasteiger partial charge in [-0.1, -0.05) is 37.3 Å². The van der Waals surface area contributed by atoms with Crippen molar-refractivity contribution in [2.45, 2.75) is 12.5 Å². The maximum Gasteiger partial charge on any atom is 0.0594 e. The Kier molecular flexibility index (Phi) is 3.75. The van der Waals surface area contributed by atoms with E-state index in [4.69, 9.17) is 4.74 Å². The summed E-state index contributed by atoms with van der Waals surface area (Å²) in [6.07, 6.45) is 0.921. The average Bonchev–Trinajstić information content (AvgIpc) is 2.33. The minimum atomic E-state index is 0.454.